The van der Waals surface area contributed by atoms with Crippen LogP contribution in [0, 0.1) is 0 Å². The monoisotopic (exact) mass is 491 g/mol. The number of halogens is 4. The molecule has 0 aliphatic carbocycles. The third-order valence-corrected chi connectivity index (χ3v) is 5.94. The average Bonchev–Trinajstić information content (AvgIpc) is 3.33. The molecule has 35 heavy (non-hydrogen) atoms. The van der Waals surface area contributed by atoms with Gasteiger partial charge in [-0.15, -0.1) is 0 Å². The molecule has 10 heteroatoms. The van der Waals surface area contributed by atoms with Crippen LogP contribution in [0.5, 0.6) is 11.5 Å². The normalized spacial score (nSPS) is 17.8. The van der Waals surface area contributed by atoms with Gasteiger partial charge in [-0.1, -0.05) is 30.3 Å². The van der Waals surface area contributed by atoms with Crippen LogP contribution < -0.4 is 14.4 Å². The summed E-state index contributed by atoms with van der Waals surface area (Å²) in [6.07, 6.45) is 5.04. The first-order chi connectivity index (χ1) is 16.9. The average molecular weight is 491 g/mol. The largest absolute Gasteiger partial charge is 0.431 e. The maximum atomic E-state index is 13.1. The molecule has 0 radical (unpaired) electrons. The van der Waals surface area contributed by atoms with E-state index in [1.54, 1.807) is 12.4 Å². The number of carbonyl (C=O) groups is 1. The Morgan fingerprint density at radius 3 is 2.43 bits per heavy atom. The second-order valence-corrected chi connectivity index (χ2v) is 8.26. The highest BCUT2D eigenvalue weighted by Gasteiger charge is 2.31. The first kappa shape index (κ1) is 24.6. The number of benzene rings is 2. The van der Waals surface area contributed by atoms with Crippen molar-refractivity contribution in [1.29, 1.82) is 0 Å². The van der Waals surface area contributed by atoms with Crippen LogP contribution in [0.25, 0.3) is 0 Å². The second-order valence-electron chi connectivity index (χ2n) is 8.26. The number of aliphatic imine (C=N–C) groups is 1. The maximum absolute atomic E-state index is 13.1. The first-order valence-electron chi connectivity index (χ1n) is 11.2. The quantitative estimate of drug-likeness (QED) is 0.469. The highest BCUT2D eigenvalue weighted by molar-refractivity contribution is 5.81. The van der Waals surface area contributed by atoms with Crippen LogP contribution in [0.3, 0.4) is 0 Å². The Morgan fingerprint density at radius 2 is 1.74 bits per heavy atom. The first-order valence-corrected chi connectivity index (χ1v) is 11.2. The van der Waals surface area contributed by atoms with E-state index in [0.29, 0.717) is 38.2 Å². The van der Waals surface area contributed by atoms with Crippen LogP contribution in [-0.2, 0) is 11.2 Å². The van der Waals surface area contributed by atoms with Gasteiger partial charge in [0.15, 0.2) is 11.5 Å². The lowest BCUT2D eigenvalue weighted by molar-refractivity contribution is -0.133. The van der Waals surface area contributed by atoms with Crippen LogP contribution in [0.15, 0.2) is 65.3 Å². The fourth-order valence-corrected chi connectivity index (χ4v) is 4.35. The molecule has 1 saturated heterocycles. The number of hydrogen-bond donors (Lipinski definition) is 0. The van der Waals surface area contributed by atoms with Gasteiger partial charge in [-0.25, -0.2) is 0 Å². The summed E-state index contributed by atoms with van der Waals surface area (Å²) in [5.74, 6) is -0.931. The van der Waals surface area contributed by atoms with E-state index in [1.165, 1.54) is 18.2 Å². The van der Waals surface area contributed by atoms with Crippen molar-refractivity contribution in [3.63, 3.8) is 0 Å². The van der Waals surface area contributed by atoms with Crippen molar-refractivity contribution in [2.45, 2.75) is 38.5 Å². The molecule has 6 nitrogen and oxygen atoms in total. The molecular formula is C25H25F4N3O3. The lowest BCUT2D eigenvalue weighted by Crippen LogP contribution is -2.56. The summed E-state index contributed by atoms with van der Waals surface area (Å²) in [7, 11) is 0. The van der Waals surface area contributed by atoms with Gasteiger partial charge in [0.05, 0.1) is 6.04 Å². The predicted octanol–water partition coefficient (Wildman–Crippen LogP) is 4.90. The molecule has 1 atom stereocenters. The second kappa shape index (κ2) is 11.2. The molecule has 0 spiro atoms. The van der Waals surface area contributed by atoms with Gasteiger partial charge in [0.2, 0.25) is 5.91 Å². The van der Waals surface area contributed by atoms with E-state index in [0.717, 1.165) is 11.1 Å². The zero-order valence-electron chi connectivity index (χ0n) is 18.8. The Labute approximate surface area is 200 Å². The fourth-order valence-electron chi connectivity index (χ4n) is 4.35. The SMILES string of the molecule is O=C(CC1=CN=CC1)N1CCN(c2ccc(OC(F)F)c(OC(F)F)c2)C[C@@H]1Cc1ccccc1. The standard InChI is InChI=1S/C25H25F4N3O3/c26-24(27)34-21-7-6-19(14-22(21)35-25(28)29)31-10-11-32(23(33)13-18-8-9-30-15-18)20(16-31)12-17-4-2-1-3-5-17/h1-7,9,14-15,20,24-25H,8,10-13,16H2/t20-/m0/s1. The molecule has 0 bridgehead atoms. The van der Waals surface area contributed by atoms with Crippen molar-refractivity contribution >= 4 is 17.8 Å². The zero-order chi connectivity index (χ0) is 24.8. The van der Waals surface area contributed by atoms with E-state index in [1.807, 2.05) is 40.1 Å². The number of anilines is 1. The number of hydrogen-bond acceptors (Lipinski definition) is 5. The molecule has 2 aromatic carbocycles. The van der Waals surface area contributed by atoms with E-state index in [2.05, 4.69) is 14.5 Å². The van der Waals surface area contributed by atoms with Gasteiger partial charge in [0, 0.05) is 56.6 Å². The highest BCUT2D eigenvalue weighted by atomic mass is 19.3. The molecule has 0 N–H and O–H groups in total. The molecule has 4 rings (SSSR count). The molecule has 0 saturated carbocycles. The van der Waals surface area contributed by atoms with E-state index in [9.17, 15) is 22.4 Å². The minimum absolute atomic E-state index is 0.00438. The van der Waals surface area contributed by atoms with Gasteiger partial charge in [-0.05, 0) is 29.7 Å². The Hall–Kier alpha value is -3.56. The summed E-state index contributed by atoms with van der Waals surface area (Å²) >= 11 is 0. The summed E-state index contributed by atoms with van der Waals surface area (Å²) < 4.78 is 59.9. The molecule has 1 amide bonds. The van der Waals surface area contributed by atoms with Crippen LogP contribution in [0.4, 0.5) is 23.2 Å². The molecule has 2 aliphatic rings. The summed E-state index contributed by atoms with van der Waals surface area (Å²) in [4.78, 5) is 21.0. The Morgan fingerprint density at radius 1 is 1.00 bits per heavy atom. The van der Waals surface area contributed by atoms with Crippen LogP contribution in [0.1, 0.15) is 18.4 Å². The van der Waals surface area contributed by atoms with Gasteiger partial charge in [0.1, 0.15) is 0 Å². The van der Waals surface area contributed by atoms with Gasteiger partial charge >= 0.3 is 13.2 Å². The summed E-state index contributed by atoms with van der Waals surface area (Å²) in [6.45, 7) is -5.08. The third kappa shape index (κ3) is 6.52. The van der Waals surface area contributed by atoms with Gasteiger partial charge < -0.3 is 19.3 Å². The van der Waals surface area contributed by atoms with Crippen molar-refractivity contribution in [3.8, 4) is 11.5 Å². The van der Waals surface area contributed by atoms with Crippen LogP contribution in [0.2, 0.25) is 0 Å². The Bertz CT molecular complexity index is 1080. The molecule has 1 fully saturated rings. The van der Waals surface area contributed by atoms with E-state index < -0.39 is 24.7 Å². The van der Waals surface area contributed by atoms with Gasteiger partial charge in [0.25, 0.3) is 0 Å². The van der Waals surface area contributed by atoms with E-state index in [4.69, 9.17) is 0 Å². The molecule has 2 aliphatic heterocycles. The maximum Gasteiger partial charge on any atom is 0.387 e. The number of alkyl halides is 4. The minimum Gasteiger partial charge on any atom is -0.431 e. The third-order valence-electron chi connectivity index (χ3n) is 5.94. The number of piperazine rings is 1. The number of amides is 1. The lowest BCUT2D eigenvalue weighted by atomic mass is 10.00. The highest BCUT2D eigenvalue weighted by Crippen LogP contribution is 2.35. The fraction of sp³-hybridized carbons (Fsp3) is 0.360. The number of ether oxygens (including phenoxy) is 2. The minimum atomic E-state index is -3.19. The van der Waals surface area contributed by atoms with Crippen LogP contribution in [-0.4, -0.2) is 55.9 Å². The van der Waals surface area contributed by atoms with Gasteiger partial charge in [-0.2, -0.15) is 17.6 Å². The van der Waals surface area contributed by atoms with Crippen LogP contribution >= 0.6 is 0 Å². The van der Waals surface area contributed by atoms with Crippen molar-refractivity contribution < 1.29 is 31.8 Å². The van der Waals surface area contributed by atoms with Crippen molar-refractivity contribution in [2.75, 3.05) is 24.5 Å². The predicted molar refractivity (Wildman–Crippen MR) is 123 cm³/mol. The number of nitrogens with zero attached hydrogens (tertiary/aromatic N) is 3. The molecule has 2 aromatic rings. The van der Waals surface area contributed by atoms with Crippen molar-refractivity contribution in [2.24, 2.45) is 4.99 Å². The summed E-state index contributed by atoms with van der Waals surface area (Å²) in [5.41, 5.74) is 2.53. The van der Waals surface area contributed by atoms with Gasteiger partial charge in [-0.3, -0.25) is 9.79 Å². The topological polar surface area (TPSA) is 54.4 Å². The Balaban J connectivity index is 1.55. The Kier molecular flexibility index (Phi) is 7.89. The smallest absolute Gasteiger partial charge is 0.387 e. The molecular weight excluding hydrogens is 466 g/mol. The summed E-state index contributed by atoms with van der Waals surface area (Å²) in [5, 5.41) is 0. The molecule has 2 heterocycles. The molecule has 0 aromatic heterocycles. The van der Waals surface area contributed by atoms with Crippen molar-refractivity contribution in [1.82, 2.24) is 4.90 Å². The van der Waals surface area contributed by atoms with Crippen molar-refractivity contribution in [3.05, 3.63) is 65.9 Å². The number of carbonyl (C=O) groups excluding carboxylic acids is 1. The number of rotatable bonds is 9. The molecule has 186 valence electrons. The van der Waals surface area contributed by atoms with E-state index >= 15 is 0 Å². The lowest BCUT2D eigenvalue weighted by Gasteiger charge is -2.43. The van der Waals surface area contributed by atoms with E-state index in [-0.39, 0.29) is 18.4 Å². The molecule has 0 unspecified atom stereocenters. The summed E-state index contributed by atoms with van der Waals surface area (Å²) in [6, 6.07) is 13.5. The zero-order valence-corrected chi connectivity index (χ0v) is 18.8.